The molecule has 1 aliphatic heterocycles. The van der Waals surface area contributed by atoms with E-state index in [1.807, 2.05) is 37.3 Å². The van der Waals surface area contributed by atoms with Crippen molar-refractivity contribution >= 4 is 17.4 Å². The molecular formula is C25H27F3N6O. The number of alkyl halides is 3. The van der Waals surface area contributed by atoms with Crippen molar-refractivity contribution in [2.75, 3.05) is 30.3 Å². The van der Waals surface area contributed by atoms with E-state index < -0.39 is 11.9 Å². The second-order valence-electron chi connectivity index (χ2n) is 8.25. The third-order valence-electron chi connectivity index (χ3n) is 5.78. The smallest absolute Gasteiger partial charge is 0.380 e. The van der Waals surface area contributed by atoms with Gasteiger partial charge in [0.1, 0.15) is 11.5 Å². The number of pyridine rings is 2. The molecule has 0 bridgehead atoms. The third-order valence-corrected chi connectivity index (χ3v) is 5.78. The lowest BCUT2D eigenvalue weighted by molar-refractivity contribution is -0.141. The summed E-state index contributed by atoms with van der Waals surface area (Å²) in [6.07, 6.45) is -1.10. The lowest BCUT2D eigenvalue weighted by atomic mass is 9.97. The van der Waals surface area contributed by atoms with Gasteiger partial charge < -0.3 is 21.3 Å². The van der Waals surface area contributed by atoms with E-state index in [1.54, 1.807) is 12.3 Å². The van der Waals surface area contributed by atoms with Gasteiger partial charge in [-0.1, -0.05) is 36.4 Å². The summed E-state index contributed by atoms with van der Waals surface area (Å²) >= 11 is 0. The van der Waals surface area contributed by atoms with Gasteiger partial charge in [0.2, 0.25) is 0 Å². The molecule has 2 atom stereocenters. The fourth-order valence-corrected chi connectivity index (χ4v) is 4.01. The average Bonchev–Trinajstić information content (AvgIpc) is 2.86. The van der Waals surface area contributed by atoms with Crippen LogP contribution in [0.4, 0.5) is 24.7 Å². The van der Waals surface area contributed by atoms with Gasteiger partial charge in [0.25, 0.3) is 5.91 Å². The van der Waals surface area contributed by atoms with Crippen LogP contribution in [0.3, 0.4) is 0 Å². The van der Waals surface area contributed by atoms with E-state index in [-0.39, 0.29) is 18.0 Å². The fourth-order valence-electron chi connectivity index (χ4n) is 4.01. The van der Waals surface area contributed by atoms with E-state index in [4.69, 9.17) is 0 Å². The van der Waals surface area contributed by atoms with Crippen LogP contribution in [0.2, 0.25) is 0 Å². The van der Waals surface area contributed by atoms with Crippen LogP contribution >= 0.6 is 0 Å². The number of carbonyl (C=O) groups excluding carboxylic acids is 1. The zero-order valence-corrected chi connectivity index (χ0v) is 19.2. The Kier molecular flexibility index (Phi) is 7.50. The number of benzene rings is 1. The van der Waals surface area contributed by atoms with Gasteiger partial charge in [-0.3, -0.25) is 9.78 Å². The molecule has 0 saturated heterocycles. The minimum Gasteiger partial charge on any atom is -0.380 e. The van der Waals surface area contributed by atoms with Crippen molar-refractivity contribution in [3.63, 3.8) is 0 Å². The van der Waals surface area contributed by atoms with Crippen LogP contribution in [0.15, 0.2) is 60.9 Å². The number of rotatable bonds is 8. The maximum Gasteiger partial charge on any atom is 0.433 e. The molecule has 1 aliphatic rings. The van der Waals surface area contributed by atoms with Crippen LogP contribution in [0.1, 0.15) is 40.1 Å². The molecule has 1 aromatic carbocycles. The summed E-state index contributed by atoms with van der Waals surface area (Å²) in [6.45, 7) is 3.53. The first-order valence-electron chi connectivity index (χ1n) is 11.4. The summed E-state index contributed by atoms with van der Waals surface area (Å²) in [4.78, 5) is 20.1. The average molecular weight is 485 g/mol. The highest BCUT2D eigenvalue weighted by atomic mass is 19.4. The SMILES string of the molecule is CCNC(=O)c1cnc2c(c1)NC[C@H]([C@H](NCCc1ccc(C(F)(F)F)nc1)c1ccccc1)N2. The molecular weight excluding hydrogens is 457 g/mol. The maximum absolute atomic E-state index is 12.8. The molecule has 0 radical (unpaired) electrons. The molecule has 7 nitrogen and oxygen atoms in total. The lowest BCUT2D eigenvalue weighted by Gasteiger charge is -2.34. The molecule has 0 saturated carbocycles. The first kappa shape index (κ1) is 24.5. The van der Waals surface area contributed by atoms with E-state index >= 15 is 0 Å². The van der Waals surface area contributed by atoms with Crippen LogP contribution in [-0.4, -0.2) is 41.6 Å². The Hall–Kier alpha value is -3.66. The Morgan fingerprint density at radius 3 is 2.63 bits per heavy atom. The third kappa shape index (κ3) is 6.07. The first-order valence-corrected chi connectivity index (χ1v) is 11.4. The summed E-state index contributed by atoms with van der Waals surface area (Å²) in [5, 5.41) is 13.1. The molecule has 0 spiro atoms. The number of fused-ring (bicyclic) bond motifs is 1. The first-order chi connectivity index (χ1) is 16.8. The van der Waals surface area contributed by atoms with Crippen molar-refractivity contribution in [3.05, 3.63) is 83.3 Å². The second-order valence-corrected chi connectivity index (χ2v) is 8.25. The van der Waals surface area contributed by atoms with Gasteiger partial charge in [0, 0.05) is 25.5 Å². The minimum absolute atomic E-state index is 0.0570. The Morgan fingerprint density at radius 2 is 1.94 bits per heavy atom. The van der Waals surface area contributed by atoms with E-state index in [0.717, 1.165) is 22.9 Å². The standard InChI is InChI=1S/C25H27F3N6O/c1-2-29-24(35)18-12-19-23(33-14-18)34-20(15-31-19)22(17-6-4-3-5-7-17)30-11-10-16-8-9-21(32-13-16)25(26,27)28/h3-9,12-14,20,22,30-31H,2,10-11,15H2,1H3,(H,29,35)(H,33,34)/t20-,22-/m1/s1. The lowest BCUT2D eigenvalue weighted by Crippen LogP contribution is -2.44. The molecule has 184 valence electrons. The van der Waals surface area contributed by atoms with Crippen LogP contribution in [0, 0.1) is 0 Å². The number of halogens is 3. The van der Waals surface area contributed by atoms with Crippen LogP contribution < -0.4 is 21.3 Å². The van der Waals surface area contributed by atoms with E-state index in [0.29, 0.717) is 37.4 Å². The largest absolute Gasteiger partial charge is 0.433 e. The number of anilines is 2. The zero-order valence-electron chi connectivity index (χ0n) is 19.2. The predicted molar refractivity (Wildman–Crippen MR) is 128 cm³/mol. The van der Waals surface area contributed by atoms with Crippen molar-refractivity contribution in [1.29, 1.82) is 0 Å². The van der Waals surface area contributed by atoms with Crippen LogP contribution in [-0.2, 0) is 12.6 Å². The second kappa shape index (κ2) is 10.7. The van der Waals surface area contributed by atoms with Crippen molar-refractivity contribution in [1.82, 2.24) is 20.6 Å². The number of hydrogen-bond donors (Lipinski definition) is 4. The Bertz CT molecular complexity index is 1140. The summed E-state index contributed by atoms with van der Waals surface area (Å²) in [7, 11) is 0. The van der Waals surface area contributed by atoms with Gasteiger partial charge >= 0.3 is 6.18 Å². The molecule has 0 aliphatic carbocycles. The minimum atomic E-state index is -4.44. The summed E-state index contributed by atoms with van der Waals surface area (Å²) in [6, 6.07) is 14.0. The van der Waals surface area contributed by atoms with Gasteiger partial charge in [-0.15, -0.1) is 0 Å². The quantitative estimate of drug-likeness (QED) is 0.386. The highest BCUT2D eigenvalue weighted by molar-refractivity contribution is 5.95. The van der Waals surface area contributed by atoms with E-state index in [9.17, 15) is 18.0 Å². The predicted octanol–water partition coefficient (Wildman–Crippen LogP) is 4.02. The number of nitrogens with zero attached hydrogens (tertiary/aromatic N) is 2. The van der Waals surface area contributed by atoms with Gasteiger partial charge in [0.05, 0.1) is 23.3 Å². The normalized spacial score (nSPS) is 15.9. The van der Waals surface area contributed by atoms with Gasteiger partial charge in [-0.2, -0.15) is 13.2 Å². The van der Waals surface area contributed by atoms with Crippen molar-refractivity contribution in [3.8, 4) is 0 Å². The number of amides is 1. The van der Waals surface area contributed by atoms with E-state index in [2.05, 4.69) is 31.2 Å². The van der Waals surface area contributed by atoms with Crippen LogP contribution in [0.5, 0.6) is 0 Å². The molecule has 35 heavy (non-hydrogen) atoms. The van der Waals surface area contributed by atoms with Gasteiger partial charge in [0.15, 0.2) is 0 Å². The fraction of sp³-hybridized carbons (Fsp3) is 0.320. The highest BCUT2D eigenvalue weighted by Gasteiger charge is 2.32. The van der Waals surface area contributed by atoms with Gasteiger partial charge in [-0.05, 0) is 43.1 Å². The molecule has 3 heterocycles. The highest BCUT2D eigenvalue weighted by Crippen LogP contribution is 2.30. The number of aromatic nitrogens is 2. The number of carbonyl (C=O) groups is 1. The molecule has 10 heteroatoms. The Balaban J connectivity index is 1.45. The maximum atomic E-state index is 12.8. The van der Waals surface area contributed by atoms with E-state index in [1.165, 1.54) is 12.3 Å². The Labute approximate surface area is 201 Å². The molecule has 2 aromatic heterocycles. The summed E-state index contributed by atoms with van der Waals surface area (Å²) in [5.41, 5.74) is 2.14. The Morgan fingerprint density at radius 1 is 1.14 bits per heavy atom. The topological polar surface area (TPSA) is 91.0 Å². The molecule has 1 amide bonds. The molecule has 3 aromatic rings. The monoisotopic (exact) mass is 484 g/mol. The van der Waals surface area contributed by atoms with Gasteiger partial charge in [-0.25, -0.2) is 4.98 Å². The van der Waals surface area contributed by atoms with Crippen molar-refractivity contribution in [2.24, 2.45) is 0 Å². The zero-order chi connectivity index (χ0) is 24.8. The molecule has 4 N–H and O–H groups in total. The molecule has 4 rings (SSSR count). The molecule has 0 unspecified atom stereocenters. The van der Waals surface area contributed by atoms with Crippen LogP contribution in [0.25, 0.3) is 0 Å². The number of hydrogen-bond acceptors (Lipinski definition) is 6. The van der Waals surface area contributed by atoms with Crippen molar-refractivity contribution < 1.29 is 18.0 Å². The summed E-state index contributed by atoms with van der Waals surface area (Å²) < 4.78 is 38.3. The summed E-state index contributed by atoms with van der Waals surface area (Å²) in [5.74, 6) is 0.484. The molecule has 0 fully saturated rings. The number of nitrogens with one attached hydrogen (secondary N) is 4. The van der Waals surface area contributed by atoms with Crippen molar-refractivity contribution in [2.45, 2.75) is 31.6 Å².